The summed E-state index contributed by atoms with van der Waals surface area (Å²) in [6.07, 6.45) is -2.98. The number of rotatable bonds is 2. The van der Waals surface area contributed by atoms with Gasteiger partial charge in [-0.2, -0.15) is 13.2 Å². The molecule has 3 rings (SSSR count). The van der Waals surface area contributed by atoms with E-state index < -0.39 is 17.8 Å². The summed E-state index contributed by atoms with van der Waals surface area (Å²) in [5.41, 5.74) is -0.837. The van der Waals surface area contributed by atoms with Gasteiger partial charge in [0.25, 0.3) is 5.91 Å². The third-order valence-electron chi connectivity index (χ3n) is 3.94. The van der Waals surface area contributed by atoms with Crippen molar-refractivity contribution in [2.75, 3.05) is 19.6 Å². The van der Waals surface area contributed by atoms with E-state index in [0.717, 1.165) is 25.1 Å². The van der Waals surface area contributed by atoms with Gasteiger partial charge in [-0.3, -0.25) is 4.79 Å². The fourth-order valence-electron chi connectivity index (χ4n) is 2.83. The third kappa shape index (κ3) is 3.01. The second-order valence-electron chi connectivity index (χ2n) is 5.47. The third-order valence-corrected chi connectivity index (χ3v) is 3.94. The van der Waals surface area contributed by atoms with Crippen molar-refractivity contribution in [1.29, 1.82) is 0 Å². The lowest BCUT2D eigenvalue weighted by Gasteiger charge is -2.20. The Labute approximate surface area is 125 Å². The van der Waals surface area contributed by atoms with E-state index in [-0.39, 0.29) is 17.8 Å². The molecule has 0 aliphatic carbocycles. The van der Waals surface area contributed by atoms with Gasteiger partial charge in [-0.15, -0.1) is 0 Å². The van der Waals surface area contributed by atoms with E-state index in [4.69, 9.17) is 4.74 Å². The molecule has 0 spiro atoms. The summed E-state index contributed by atoms with van der Waals surface area (Å²) in [6, 6.07) is 2.13. The van der Waals surface area contributed by atoms with Gasteiger partial charge in [0.2, 0.25) is 5.88 Å². The van der Waals surface area contributed by atoms with Gasteiger partial charge in [-0.1, -0.05) is 0 Å². The lowest BCUT2D eigenvalue weighted by atomic mass is 10.2. The molecule has 120 valence electrons. The van der Waals surface area contributed by atoms with Crippen molar-refractivity contribution in [3.05, 3.63) is 23.9 Å². The molecule has 22 heavy (non-hydrogen) atoms. The number of alkyl halides is 3. The number of fused-ring (bicyclic) bond motifs is 1. The molecule has 3 heterocycles. The molecule has 1 amide bonds. The fourth-order valence-corrected chi connectivity index (χ4v) is 2.83. The van der Waals surface area contributed by atoms with Crippen LogP contribution in [0.25, 0.3) is 0 Å². The van der Waals surface area contributed by atoms with Crippen LogP contribution in [0.5, 0.6) is 5.88 Å². The van der Waals surface area contributed by atoms with E-state index >= 15 is 0 Å². The summed E-state index contributed by atoms with van der Waals surface area (Å²) < 4.78 is 42.9. The highest BCUT2D eigenvalue weighted by molar-refractivity contribution is 5.84. The Hall–Kier alpha value is -1.83. The van der Waals surface area contributed by atoms with Crippen molar-refractivity contribution in [2.45, 2.75) is 31.2 Å². The maximum absolute atomic E-state index is 12.5. The number of hydrogen-bond acceptors (Lipinski definition) is 4. The molecule has 0 aromatic carbocycles. The van der Waals surface area contributed by atoms with Gasteiger partial charge in [0.1, 0.15) is 0 Å². The molecule has 2 fully saturated rings. The number of aromatic nitrogens is 1. The van der Waals surface area contributed by atoms with Gasteiger partial charge in [-0.05, 0) is 19.0 Å². The van der Waals surface area contributed by atoms with Gasteiger partial charge in [0.15, 0.2) is 6.10 Å². The highest BCUT2D eigenvalue weighted by Gasteiger charge is 2.41. The topological polar surface area (TPSA) is 54.5 Å². The monoisotopic (exact) mass is 315 g/mol. The zero-order valence-electron chi connectivity index (χ0n) is 11.8. The summed E-state index contributed by atoms with van der Waals surface area (Å²) in [4.78, 5) is 17.7. The van der Waals surface area contributed by atoms with Gasteiger partial charge in [-0.25, -0.2) is 4.98 Å². The Morgan fingerprint density at radius 3 is 2.86 bits per heavy atom. The van der Waals surface area contributed by atoms with Crippen LogP contribution in [-0.2, 0) is 11.0 Å². The molecule has 5 nitrogen and oxygen atoms in total. The number of nitrogens with one attached hydrogen (secondary N) is 1. The largest absolute Gasteiger partial charge is 0.464 e. The number of ether oxygens (including phenoxy) is 1. The molecule has 2 aliphatic rings. The van der Waals surface area contributed by atoms with Crippen LogP contribution in [-0.4, -0.2) is 47.6 Å². The van der Waals surface area contributed by atoms with Crippen LogP contribution < -0.4 is 10.1 Å². The van der Waals surface area contributed by atoms with Crippen molar-refractivity contribution < 1.29 is 22.7 Å². The number of carbonyl (C=O) groups is 1. The average molecular weight is 315 g/mol. The summed E-state index contributed by atoms with van der Waals surface area (Å²) in [5.74, 6) is -0.0765. The maximum atomic E-state index is 12.5. The lowest BCUT2D eigenvalue weighted by Crippen LogP contribution is -2.38. The number of nitrogens with zero attached hydrogens (tertiary/aromatic N) is 2. The Bertz CT molecular complexity index is 547. The van der Waals surface area contributed by atoms with Crippen molar-refractivity contribution in [1.82, 2.24) is 15.2 Å². The first-order chi connectivity index (χ1) is 10.4. The number of halogens is 3. The summed E-state index contributed by atoms with van der Waals surface area (Å²) in [7, 11) is 0. The SMILES string of the molecule is O=C1C(Oc2ccc(C(F)(F)F)cn2)C[C@H]2CNCCCN12. The molecule has 2 aliphatic heterocycles. The average Bonchev–Trinajstić information content (AvgIpc) is 2.65. The Kier molecular flexibility index (Phi) is 3.94. The van der Waals surface area contributed by atoms with Gasteiger partial charge in [0, 0.05) is 37.8 Å². The van der Waals surface area contributed by atoms with Gasteiger partial charge in [0.05, 0.1) is 5.56 Å². The molecular weight excluding hydrogens is 299 g/mol. The van der Waals surface area contributed by atoms with Crippen LogP contribution in [0.4, 0.5) is 13.2 Å². The molecule has 2 atom stereocenters. The summed E-state index contributed by atoms with van der Waals surface area (Å²) in [5, 5.41) is 3.26. The molecule has 1 unspecified atom stereocenters. The first-order valence-electron chi connectivity index (χ1n) is 7.16. The second kappa shape index (κ2) is 5.75. The van der Waals surface area contributed by atoms with E-state index in [2.05, 4.69) is 10.3 Å². The van der Waals surface area contributed by atoms with E-state index in [1.807, 2.05) is 0 Å². The molecule has 0 saturated carbocycles. The summed E-state index contributed by atoms with van der Waals surface area (Å²) in [6.45, 7) is 2.27. The number of carbonyl (C=O) groups excluding carboxylic acids is 1. The van der Waals surface area contributed by atoms with Crippen LogP contribution in [0, 0.1) is 0 Å². The minimum Gasteiger partial charge on any atom is -0.464 e. The zero-order chi connectivity index (χ0) is 15.7. The standard InChI is InChI=1S/C14H16F3N3O2/c15-14(16,17)9-2-3-12(19-7-9)22-11-6-10-8-18-4-1-5-20(10)13(11)21/h2-3,7,10-11,18H,1,4-6,8H2/t10-,11?/m0/s1. The quantitative estimate of drug-likeness (QED) is 0.897. The second-order valence-corrected chi connectivity index (χ2v) is 5.47. The minimum absolute atomic E-state index is 0.0389. The molecular formula is C14H16F3N3O2. The minimum atomic E-state index is -4.43. The van der Waals surface area contributed by atoms with Crippen molar-refractivity contribution in [3.63, 3.8) is 0 Å². The van der Waals surface area contributed by atoms with Crippen LogP contribution >= 0.6 is 0 Å². The Balaban J connectivity index is 1.67. The molecule has 1 N–H and O–H groups in total. The number of pyridine rings is 1. The van der Waals surface area contributed by atoms with Gasteiger partial charge < -0.3 is 15.0 Å². The molecule has 1 aromatic heterocycles. The lowest BCUT2D eigenvalue weighted by molar-refractivity contribution is -0.138. The Morgan fingerprint density at radius 1 is 1.36 bits per heavy atom. The maximum Gasteiger partial charge on any atom is 0.417 e. The molecule has 8 heteroatoms. The van der Waals surface area contributed by atoms with Crippen LogP contribution in [0.15, 0.2) is 18.3 Å². The fraction of sp³-hybridized carbons (Fsp3) is 0.571. The zero-order valence-corrected chi connectivity index (χ0v) is 11.8. The van der Waals surface area contributed by atoms with Crippen LogP contribution in [0.3, 0.4) is 0 Å². The van der Waals surface area contributed by atoms with E-state index in [9.17, 15) is 18.0 Å². The van der Waals surface area contributed by atoms with Gasteiger partial charge >= 0.3 is 6.18 Å². The highest BCUT2D eigenvalue weighted by atomic mass is 19.4. The van der Waals surface area contributed by atoms with Crippen molar-refractivity contribution in [3.8, 4) is 5.88 Å². The van der Waals surface area contributed by atoms with Crippen LogP contribution in [0.1, 0.15) is 18.4 Å². The molecule has 2 saturated heterocycles. The number of amides is 1. The Morgan fingerprint density at radius 2 is 2.18 bits per heavy atom. The first-order valence-corrected chi connectivity index (χ1v) is 7.16. The molecule has 0 bridgehead atoms. The molecule has 0 radical (unpaired) electrons. The highest BCUT2D eigenvalue weighted by Crippen LogP contribution is 2.30. The number of hydrogen-bond donors (Lipinski definition) is 1. The summed E-state index contributed by atoms with van der Waals surface area (Å²) >= 11 is 0. The predicted molar refractivity (Wildman–Crippen MR) is 71.3 cm³/mol. The predicted octanol–water partition coefficient (Wildman–Crippen LogP) is 1.44. The van der Waals surface area contributed by atoms with E-state index in [1.54, 1.807) is 4.90 Å². The van der Waals surface area contributed by atoms with E-state index in [1.165, 1.54) is 0 Å². The first kappa shape index (κ1) is 15.1. The smallest absolute Gasteiger partial charge is 0.417 e. The van der Waals surface area contributed by atoms with Crippen molar-refractivity contribution in [2.24, 2.45) is 0 Å². The van der Waals surface area contributed by atoms with Crippen LogP contribution in [0.2, 0.25) is 0 Å². The van der Waals surface area contributed by atoms with E-state index in [0.29, 0.717) is 25.7 Å². The van der Waals surface area contributed by atoms with Crippen molar-refractivity contribution >= 4 is 5.91 Å². The normalized spacial score (nSPS) is 25.8. The molecule has 1 aromatic rings.